The van der Waals surface area contributed by atoms with E-state index in [2.05, 4.69) is 44.3 Å². The summed E-state index contributed by atoms with van der Waals surface area (Å²) in [5.41, 5.74) is 9.63. The lowest BCUT2D eigenvalue weighted by Gasteiger charge is -2.11. The van der Waals surface area contributed by atoms with Crippen LogP contribution in [0.5, 0.6) is 0 Å². The number of benzene rings is 1. The Kier molecular flexibility index (Phi) is 4.63. The third-order valence-electron chi connectivity index (χ3n) is 2.76. The lowest BCUT2D eigenvalue weighted by Crippen LogP contribution is -2.16. The van der Waals surface area contributed by atoms with E-state index in [0.717, 1.165) is 19.4 Å². The first-order chi connectivity index (χ1) is 7.11. The molecule has 1 aromatic carbocycles. The number of nitrogens with one attached hydrogen (secondary N) is 1. The predicted octanol–water partition coefficient (Wildman–Crippen LogP) is 2.84. The Hall–Kier alpha value is -1.02. The Balaban J connectivity index is 2.41. The van der Waals surface area contributed by atoms with Crippen molar-refractivity contribution in [3.05, 3.63) is 29.3 Å². The first-order valence-electron chi connectivity index (χ1n) is 5.67. The summed E-state index contributed by atoms with van der Waals surface area (Å²) in [5, 5.41) is 3.45. The molecule has 15 heavy (non-hydrogen) atoms. The van der Waals surface area contributed by atoms with Gasteiger partial charge in [-0.3, -0.25) is 0 Å². The molecule has 0 heterocycles. The van der Waals surface area contributed by atoms with Crippen LogP contribution in [0.1, 0.15) is 30.9 Å². The molecule has 1 unspecified atom stereocenters. The minimum absolute atomic E-state index is 0.311. The molecule has 0 saturated carbocycles. The fourth-order valence-electron chi connectivity index (χ4n) is 1.59. The van der Waals surface area contributed by atoms with Crippen LogP contribution in [-0.4, -0.2) is 12.6 Å². The van der Waals surface area contributed by atoms with Crippen molar-refractivity contribution < 1.29 is 0 Å². The van der Waals surface area contributed by atoms with E-state index >= 15 is 0 Å². The zero-order valence-corrected chi connectivity index (χ0v) is 10.0. The molecular weight excluding hydrogens is 184 g/mol. The normalized spacial score (nSPS) is 12.5. The first-order valence-corrected chi connectivity index (χ1v) is 5.67. The highest BCUT2D eigenvalue weighted by Gasteiger charge is 1.99. The molecule has 2 heteroatoms. The minimum Gasteiger partial charge on any atom is -0.385 e. The average Bonchev–Trinajstić information content (AvgIpc) is 2.18. The van der Waals surface area contributed by atoms with E-state index in [1.807, 2.05) is 0 Å². The molecule has 0 spiro atoms. The number of hydrogen-bond acceptors (Lipinski definition) is 2. The van der Waals surface area contributed by atoms with Gasteiger partial charge in [0.05, 0.1) is 0 Å². The predicted molar refractivity (Wildman–Crippen MR) is 67.3 cm³/mol. The first kappa shape index (κ1) is 12.1. The van der Waals surface area contributed by atoms with Crippen molar-refractivity contribution in [1.29, 1.82) is 0 Å². The largest absolute Gasteiger partial charge is 0.385 e. The number of rotatable bonds is 5. The molecule has 0 bridgehead atoms. The van der Waals surface area contributed by atoms with E-state index in [0.29, 0.717) is 6.04 Å². The molecule has 2 nitrogen and oxygen atoms in total. The van der Waals surface area contributed by atoms with Crippen molar-refractivity contribution in [2.24, 2.45) is 5.73 Å². The minimum atomic E-state index is 0.311. The molecule has 0 amide bonds. The fraction of sp³-hybridized carbons (Fsp3) is 0.538. The van der Waals surface area contributed by atoms with E-state index in [9.17, 15) is 0 Å². The van der Waals surface area contributed by atoms with E-state index in [1.54, 1.807) is 0 Å². The summed E-state index contributed by atoms with van der Waals surface area (Å²) in [6.45, 7) is 7.36. The second kappa shape index (κ2) is 5.76. The molecule has 0 radical (unpaired) electrons. The van der Waals surface area contributed by atoms with Crippen LogP contribution in [-0.2, 0) is 0 Å². The van der Waals surface area contributed by atoms with Crippen LogP contribution in [0, 0.1) is 13.8 Å². The van der Waals surface area contributed by atoms with Crippen LogP contribution in [0.15, 0.2) is 18.2 Å². The number of nitrogens with two attached hydrogens (primary N) is 1. The van der Waals surface area contributed by atoms with Crippen LogP contribution < -0.4 is 11.1 Å². The Bertz CT molecular complexity index is 305. The maximum Gasteiger partial charge on any atom is 0.0372 e. The molecule has 0 aliphatic rings. The Morgan fingerprint density at radius 2 is 2.07 bits per heavy atom. The molecule has 0 aromatic heterocycles. The molecule has 84 valence electrons. The summed E-state index contributed by atoms with van der Waals surface area (Å²) in [7, 11) is 0. The van der Waals surface area contributed by atoms with Gasteiger partial charge in [-0.05, 0) is 50.8 Å². The Morgan fingerprint density at radius 1 is 1.33 bits per heavy atom. The van der Waals surface area contributed by atoms with E-state index in [-0.39, 0.29) is 0 Å². The maximum absolute atomic E-state index is 5.70. The molecule has 0 saturated heterocycles. The molecule has 0 aliphatic heterocycles. The Morgan fingerprint density at radius 3 is 2.73 bits per heavy atom. The third kappa shape index (κ3) is 3.92. The summed E-state index contributed by atoms with van der Waals surface area (Å²) in [5.74, 6) is 0. The number of aryl methyl sites for hydroxylation is 1. The van der Waals surface area contributed by atoms with Gasteiger partial charge in [-0.2, -0.15) is 0 Å². The zero-order chi connectivity index (χ0) is 11.3. The van der Waals surface area contributed by atoms with Gasteiger partial charge in [0, 0.05) is 18.3 Å². The maximum atomic E-state index is 5.70. The van der Waals surface area contributed by atoms with Gasteiger partial charge < -0.3 is 11.1 Å². The molecule has 1 aromatic rings. The topological polar surface area (TPSA) is 38.0 Å². The molecular formula is C13H22N2. The van der Waals surface area contributed by atoms with Gasteiger partial charge in [-0.25, -0.2) is 0 Å². The zero-order valence-electron chi connectivity index (χ0n) is 10.0. The summed E-state index contributed by atoms with van der Waals surface area (Å²) in [6, 6.07) is 6.68. The van der Waals surface area contributed by atoms with Gasteiger partial charge in [0.25, 0.3) is 0 Å². The van der Waals surface area contributed by atoms with Crippen LogP contribution in [0.2, 0.25) is 0 Å². The molecule has 1 rings (SSSR count). The lowest BCUT2D eigenvalue weighted by atomic mass is 10.1. The monoisotopic (exact) mass is 206 g/mol. The summed E-state index contributed by atoms with van der Waals surface area (Å²) >= 11 is 0. The second-order valence-corrected chi connectivity index (χ2v) is 4.29. The highest BCUT2D eigenvalue weighted by atomic mass is 14.9. The quantitative estimate of drug-likeness (QED) is 0.727. The van der Waals surface area contributed by atoms with Gasteiger partial charge in [-0.15, -0.1) is 0 Å². The van der Waals surface area contributed by atoms with Gasteiger partial charge in [0.1, 0.15) is 0 Å². The van der Waals surface area contributed by atoms with Crippen molar-refractivity contribution >= 4 is 5.69 Å². The van der Waals surface area contributed by atoms with E-state index < -0.39 is 0 Å². The fourth-order valence-corrected chi connectivity index (χ4v) is 1.59. The molecule has 0 aliphatic carbocycles. The van der Waals surface area contributed by atoms with Crippen LogP contribution in [0.3, 0.4) is 0 Å². The van der Waals surface area contributed by atoms with Gasteiger partial charge in [-0.1, -0.05) is 12.1 Å². The van der Waals surface area contributed by atoms with E-state index in [1.165, 1.54) is 16.8 Å². The summed E-state index contributed by atoms with van der Waals surface area (Å²) in [6.07, 6.45) is 2.21. The van der Waals surface area contributed by atoms with E-state index in [4.69, 9.17) is 5.73 Å². The van der Waals surface area contributed by atoms with Crippen molar-refractivity contribution in [3.8, 4) is 0 Å². The standard InChI is InChI=1S/C13H22N2/c1-10-6-4-8-13(12(10)3)15-9-5-7-11(2)14/h4,6,8,11,15H,5,7,9,14H2,1-3H3. The van der Waals surface area contributed by atoms with Crippen LogP contribution in [0.4, 0.5) is 5.69 Å². The van der Waals surface area contributed by atoms with Crippen LogP contribution in [0.25, 0.3) is 0 Å². The highest BCUT2D eigenvalue weighted by molar-refractivity contribution is 5.53. The summed E-state index contributed by atoms with van der Waals surface area (Å²) in [4.78, 5) is 0. The van der Waals surface area contributed by atoms with Crippen molar-refractivity contribution in [1.82, 2.24) is 0 Å². The third-order valence-corrected chi connectivity index (χ3v) is 2.76. The summed E-state index contributed by atoms with van der Waals surface area (Å²) < 4.78 is 0. The SMILES string of the molecule is Cc1cccc(NCCCC(C)N)c1C. The van der Waals surface area contributed by atoms with Gasteiger partial charge in [0.2, 0.25) is 0 Å². The number of hydrogen-bond donors (Lipinski definition) is 2. The smallest absolute Gasteiger partial charge is 0.0372 e. The lowest BCUT2D eigenvalue weighted by molar-refractivity contribution is 0.639. The van der Waals surface area contributed by atoms with Crippen molar-refractivity contribution in [2.75, 3.05) is 11.9 Å². The van der Waals surface area contributed by atoms with Crippen molar-refractivity contribution in [2.45, 2.75) is 39.7 Å². The number of anilines is 1. The Labute approximate surface area is 92.9 Å². The van der Waals surface area contributed by atoms with Crippen LogP contribution >= 0.6 is 0 Å². The average molecular weight is 206 g/mol. The highest BCUT2D eigenvalue weighted by Crippen LogP contribution is 2.17. The second-order valence-electron chi connectivity index (χ2n) is 4.29. The molecule has 3 N–H and O–H groups in total. The van der Waals surface area contributed by atoms with Crippen molar-refractivity contribution in [3.63, 3.8) is 0 Å². The van der Waals surface area contributed by atoms with Gasteiger partial charge >= 0.3 is 0 Å². The molecule has 1 atom stereocenters. The molecule has 0 fully saturated rings. The van der Waals surface area contributed by atoms with Gasteiger partial charge in [0.15, 0.2) is 0 Å².